The van der Waals surface area contributed by atoms with Crippen LogP contribution in [0.3, 0.4) is 0 Å². The molecule has 4 heteroatoms. The predicted molar refractivity (Wildman–Crippen MR) is 60.6 cm³/mol. The Bertz CT molecular complexity index is 193. The normalized spacial score (nSPS) is 17.3. The second kappa shape index (κ2) is 4.78. The Labute approximate surface area is 80.1 Å². The first kappa shape index (κ1) is 9.94. The average Bonchev–Trinajstić information content (AvgIpc) is 2.52. The van der Waals surface area contributed by atoms with Crippen LogP contribution >= 0.6 is 19.5 Å². The second-order valence-electron chi connectivity index (χ2n) is 2.76. The Morgan fingerprint density at radius 2 is 2.33 bits per heavy atom. The van der Waals surface area contributed by atoms with Gasteiger partial charge in [0.15, 0.2) is 6.29 Å². The maximum absolute atomic E-state index is 4.13. The summed E-state index contributed by atoms with van der Waals surface area (Å²) in [5.74, 6) is 0. The molecule has 0 aromatic rings. The molecule has 0 aromatic carbocycles. The highest BCUT2D eigenvalue weighted by atomic mass is 32.2. The fourth-order valence-electron chi connectivity index (χ4n) is 1.01. The van der Waals surface area contributed by atoms with Crippen molar-refractivity contribution < 1.29 is 0 Å². The van der Waals surface area contributed by atoms with Gasteiger partial charge >= 0.3 is 0 Å². The fraction of sp³-hybridized carbons (Fsp3) is 0.625. The van der Waals surface area contributed by atoms with Gasteiger partial charge in [-0.2, -0.15) is 0 Å². The van der Waals surface area contributed by atoms with Crippen LogP contribution in [0.1, 0.15) is 6.92 Å². The molecule has 1 unspecified atom stereocenters. The lowest BCUT2D eigenvalue weighted by Gasteiger charge is -2.15. The summed E-state index contributed by atoms with van der Waals surface area (Å²) >= 11 is 1.76. The van der Waals surface area contributed by atoms with E-state index in [9.17, 15) is 0 Å². The molecule has 1 aliphatic rings. The monoisotopic (exact) mass is 203 g/mol. The molecule has 0 amide bonds. The van der Waals surface area contributed by atoms with Crippen LogP contribution in [0, 0.1) is 0 Å². The Morgan fingerprint density at radius 1 is 1.58 bits per heavy atom. The van der Waals surface area contributed by atoms with E-state index in [-0.39, 0.29) is 7.55 Å². The van der Waals surface area contributed by atoms with E-state index >= 15 is 0 Å². The lowest BCUT2D eigenvalue weighted by Crippen LogP contribution is -2.20. The molecule has 12 heavy (non-hydrogen) atoms. The predicted octanol–water partition coefficient (Wildman–Crippen LogP) is 2.20. The first-order valence-corrected chi connectivity index (χ1v) is 7.12. The van der Waals surface area contributed by atoms with Gasteiger partial charge < -0.3 is 9.21 Å². The third-order valence-electron chi connectivity index (χ3n) is 1.83. The van der Waals surface area contributed by atoms with Crippen molar-refractivity contribution in [2.75, 3.05) is 25.4 Å². The van der Waals surface area contributed by atoms with E-state index in [0.717, 1.165) is 13.0 Å². The zero-order chi connectivity index (χ0) is 8.97. The van der Waals surface area contributed by atoms with Gasteiger partial charge in [0.2, 0.25) is 0 Å². The summed E-state index contributed by atoms with van der Waals surface area (Å²) in [5.41, 5.74) is 0. The summed E-state index contributed by atoms with van der Waals surface area (Å²) in [5, 5.41) is 0. The summed E-state index contributed by atoms with van der Waals surface area (Å²) in [6.07, 6.45) is 12.9. The van der Waals surface area contributed by atoms with Gasteiger partial charge in [-0.3, -0.25) is 0 Å². The smallest absolute Gasteiger partial charge is 0.178 e. The van der Waals surface area contributed by atoms with Gasteiger partial charge in [-0.05, 0) is 6.92 Å². The minimum atomic E-state index is -0.0247. The molecular formula is C8H16N2PS+. The van der Waals surface area contributed by atoms with Crippen LogP contribution < -0.4 is 0 Å². The Kier molecular flexibility index (Phi) is 3.96. The molecule has 1 rings (SSSR count). The molecule has 0 bridgehead atoms. The van der Waals surface area contributed by atoms with E-state index in [1.807, 2.05) is 0 Å². The Morgan fingerprint density at radius 3 is 2.83 bits per heavy atom. The Hall–Kier alpha value is -0.140. The van der Waals surface area contributed by atoms with Crippen LogP contribution in [0.15, 0.2) is 12.4 Å². The molecule has 0 aliphatic carbocycles. The molecule has 0 N–H and O–H groups in total. The summed E-state index contributed by atoms with van der Waals surface area (Å²) in [4.78, 5) is 2.33. The van der Waals surface area contributed by atoms with E-state index in [0.29, 0.717) is 0 Å². The maximum Gasteiger partial charge on any atom is 0.178 e. The molecule has 0 fully saturated rings. The van der Waals surface area contributed by atoms with Crippen LogP contribution in [0.5, 0.6) is 0 Å². The number of hydrogen-bond donors (Lipinski definition) is 0. The topological polar surface area (TPSA) is 6.48 Å². The molecule has 1 aliphatic heterocycles. The quantitative estimate of drug-likeness (QED) is 0.511. The van der Waals surface area contributed by atoms with Gasteiger partial charge in [0.05, 0.1) is 6.30 Å². The summed E-state index contributed by atoms with van der Waals surface area (Å²) in [6, 6.07) is 0. The van der Waals surface area contributed by atoms with E-state index in [2.05, 4.69) is 41.1 Å². The average molecular weight is 203 g/mol. The van der Waals surface area contributed by atoms with Crippen LogP contribution in [-0.2, 0) is 0 Å². The van der Waals surface area contributed by atoms with Gasteiger partial charge in [0.1, 0.15) is 20.4 Å². The number of rotatable bonds is 4. The molecule has 68 valence electrons. The molecule has 2 nitrogen and oxygen atoms in total. The van der Waals surface area contributed by atoms with Crippen molar-refractivity contribution in [1.82, 2.24) is 9.21 Å². The molecule has 1 heterocycles. The van der Waals surface area contributed by atoms with Crippen molar-refractivity contribution in [3.8, 4) is 0 Å². The molecule has 0 aromatic heterocycles. The van der Waals surface area contributed by atoms with Crippen LogP contribution in [0.25, 0.3) is 0 Å². The first-order valence-electron chi connectivity index (χ1n) is 4.05. The molecular weight excluding hydrogens is 187 g/mol. The Balaban J connectivity index is 2.29. The standard InChI is InChI=1S/C8H16N2PS/c1-4-11(2)8-9-5-6-10(7-9)12-3/h5-6H,2,4,7-8H2,1,3H3/q+1. The molecule has 0 radical (unpaired) electrons. The zero-order valence-electron chi connectivity index (χ0n) is 7.73. The van der Waals surface area contributed by atoms with E-state index < -0.39 is 0 Å². The lowest BCUT2D eigenvalue weighted by molar-refractivity contribution is 0.395. The molecule has 0 saturated heterocycles. The van der Waals surface area contributed by atoms with Crippen LogP contribution in [-0.4, -0.2) is 40.9 Å². The number of hydrogen-bond acceptors (Lipinski definition) is 3. The minimum absolute atomic E-state index is 0.0247. The van der Waals surface area contributed by atoms with Gasteiger partial charge in [-0.15, -0.1) is 0 Å². The SMILES string of the molecule is C=[P+](CC)CN1C=CN(SC)C1. The van der Waals surface area contributed by atoms with E-state index in [1.165, 1.54) is 6.16 Å². The highest BCUT2D eigenvalue weighted by molar-refractivity contribution is 7.96. The van der Waals surface area contributed by atoms with E-state index in [1.54, 1.807) is 11.9 Å². The second-order valence-corrected chi connectivity index (χ2v) is 5.85. The van der Waals surface area contributed by atoms with Crippen molar-refractivity contribution >= 4 is 25.8 Å². The first-order chi connectivity index (χ1) is 5.76. The van der Waals surface area contributed by atoms with Gasteiger partial charge in [0.25, 0.3) is 0 Å². The maximum atomic E-state index is 4.13. The third kappa shape index (κ3) is 2.72. The minimum Gasteiger partial charge on any atom is -0.320 e. The van der Waals surface area contributed by atoms with Gasteiger partial charge in [0, 0.05) is 18.7 Å². The molecule has 0 spiro atoms. The molecule has 0 saturated carbocycles. The van der Waals surface area contributed by atoms with Crippen LogP contribution in [0.2, 0.25) is 0 Å². The number of nitrogens with zero attached hydrogens (tertiary/aromatic N) is 2. The van der Waals surface area contributed by atoms with Gasteiger partial charge in [-0.1, -0.05) is 11.9 Å². The van der Waals surface area contributed by atoms with Crippen molar-refractivity contribution in [3.63, 3.8) is 0 Å². The highest BCUT2D eigenvalue weighted by Gasteiger charge is 2.15. The molecule has 1 atom stereocenters. The lowest BCUT2D eigenvalue weighted by atomic mass is 10.9. The van der Waals surface area contributed by atoms with E-state index in [4.69, 9.17) is 0 Å². The summed E-state index contributed by atoms with van der Waals surface area (Å²) in [7, 11) is -0.0247. The van der Waals surface area contributed by atoms with Crippen molar-refractivity contribution in [2.45, 2.75) is 6.92 Å². The summed E-state index contributed by atoms with van der Waals surface area (Å²) < 4.78 is 2.22. The largest absolute Gasteiger partial charge is 0.320 e. The van der Waals surface area contributed by atoms with Crippen molar-refractivity contribution in [1.29, 1.82) is 0 Å². The zero-order valence-corrected chi connectivity index (χ0v) is 9.44. The fourth-order valence-corrected chi connectivity index (χ4v) is 2.35. The van der Waals surface area contributed by atoms with Crippen molar-refractivity contribution in [2.24, 2.45) is 0 Å². The van der Waals surface area contributed by atoms with Gasteiger partial charge in [-0.25, -0.2) is 0 Å². The third-order valence-corrected chi connectivity index (χ3v) is 4.19. The van der Waals surface area contributed by atoms with Crippen LogP contribution in [0.4, 0.5) is 0 Å². The summed E-state index contributed by atoms with van der Waals surface area (Å²) in [6.45, 7) is 3.24. The highest BCUT2D eigenvalue weighted by Crippen LogP contribution is 2.24. The van der Waals surface area contributed by atoms with Crippen molar-refractivity contribution in [3.05, 3.63) is 12.4 Å².